The lowest BCUT2D eigenvalue weighted by Crippen LogP contribution is -2.57. The second-order valence-electron chi connectivity index (χ2n) is 3.57. The van der Waals surface area contributed by atoms with Crippen LogP contribution < -0.4 is 5.32 Å². The van der Waals surface area contributed by atoms with Gasteiger partial charge in [0.15, 0.2) is 6.10 Å². The van der Waals surface area contributed by atoms with Gasteiger partial charge in [-0.05, 0) is 0 Å². The maximum Gasteiger partial charge on any atom is 0.254 e. The van der Waals surface area contributed by atoms with Crippen LogP contribution in [0, 0.1) is 6.61 Å². The first-order chi connectivity index (χ1) is 8.10. The monoisotopic (exact) mass is 264 g/mol. The molecule has 6 nitrogen and oxygen atoms in total. The Balaban J connectivity index is 2.50. The molecule has 7 heteroatoms. The minimum atomic E-state index is -1.26. The van der Waals surface area contributed by atoms with E-state index in [2.05, 4.69) is 5.32 Å². The Morgan fingerprint density at radius 1 is 1.47 bits per heavy atom. The Bertz CT molecular complexity index is 286. The predicted molar refractivity (Wildman–Crippen MR) is 60.1 cm³/mol. The number of ether oxygens (including phenoxy) is 1. The second kappa shape index (κ2) is 6.83. The molecule has 0 saturated carbocycles. The van der Waals surface area contributed by atoms with Crippen molar-refractivity contribution in [3.63, 3.8) is 0 Å². The molecule has 1 rings (SSSR count). The van der Waals surface area contributed by atoms with Crippen molar-refractivity contribution in [2.75, 3.05) is 12.5 Å². The van der Waals surface area contributed by atoms with Crippen LogP contribution in [0.4, 0.5) is 0 Å². The van der Waals surface area contributed by atoms with Crippen LogP contribution in [0.15, 0.2) is 12.2 Å². The fourth-order valence-corrected chi connectivity index (χ4v) is 1.50. The summed E-state index contributed by atoms with van der Waals surface area (Å²) in [7, 11) is 0. The molecule has 0 aromatic heterocycles. The van der Waals surface area contributed by atoms with Gasteiger partial charge in [-0.3, -0.25) is 4.79 Å². The van der Waals surface area contributed by atoms with Gasteiger partial charge >= 0.3 is 0 Å². The van der Waals surface area contributed by atoms with E-state index >= 15 is 0 Å². The molecule has 1 fully saturated rings. The van der Waals surface area contributed by atoms with E-state index in [1.54, 1.807) is 0 Å². The number of allylic oxidation sites excluding steroid dienone is 1. The summed E-state index contributed by atoms with van der Waals surface area (Å²) in [4.78, 5) is 11.3. The van der Waals surface area contributed by atoms with E-state index in [0.717, 1.165) is 0 Å². The van der Waals surface area contributed by atoms with Gasteiger partial charge < -0.3 is 20.6 Å². The van der Waals surface area contributed by atoms with Crippen molar-refractivity contribution in [2.45, 2.75) is 24.4 Å². The minimum Gasteiger partial charge on any atom is -0.393 e. The maximum atomic E-state index is 11.3. The maximum absolute atomic E-state index is 11.3. The molecule has 1 saturated heterocycles. The number of halogens is 1. The van der Waals surface area contributed by atoms with Gasteiger partial charge in [-0.25, -0.2) is 0 Å². The molecule has 0 bridgehead atoms. The standard InChI is InChI=1S/C10H14ClNO5/c11-3-1-2-8(14)12-6-5-17-7(4-13)10(16)9(6)15/h1-2,5-7,9-10,13,15-16H,3-4H2/p+1/b2-1+/t6-,7+,9+,10+/m0/s1. The average molecular weight is 265 g/mol. The zero-order chi connectivity index (χ0) is 12.8. The largest absolute Gasteiger partial charge is 0.393 e. The lowest BCUT2D eigenvalue weighted by atomic mass is 9.98. The Labute approximate surface area is 104 Å². The first-order valence-electron chi connectivity index (χ1n) is 5.09. The highest BCUT2D eigenvalue weighted by Crippen LogP contribution is 2.18. The third kappa shape index (κ3) is 3.86. The van der Waals surface area contributed by atoms with E-state index < -0.39 is 36.9 Å². The summed E-state index contributed by atoms with van der Waals surface area (Å²) in [5.74, 6) is -0.250. The van der Waals surface area contributed by atoms with E-state index in [4.69, 9.17) is 21.4 Å². The number of alkyl halides is 1. The van der Waals surface area contributed by atoms with Crippen LogP contribution in [-0.4, -0.2) is 58.1 Å². The lowest BCUT2D eigenvalue weighted by molar-refractivity contribution is -0.143. The van der Waals surface area contributed by atoms with Crippen LogP contribution in [0.3, 0.4) is 0 Å². The average Bonchev–Trinajstić information content (AvgIpc) is 2.33. The van der Waals surface area contributed by atoms with Crippen molar-refractivity contribution >= 4 is 17.5 Å². The van der Waals surface area contributed by atoms with Crippen molar-refractivity contribution in [1.82, 2.24) is 5.32 Å². The molecule has 0 unspecified atom stereocenters. The van der Waals surface area contributed by atoms with Crippen LogP contribution in [-0.2, 0) is 9.53 Å². The summed E-state index contributed by atoms with van der Waals surface area (Å²) in [6.07, 6.45) is -0.698. The van der Waals surface area contributed by atoms with Crippen molar-refractivity contribution in [3.05, 3.63) is 18.8 Å². The normalized spacial score (nSPS) is 33.4. The smallest absolute Gasteiger partial charge is 0.254 e. The number of carbonyl (C=O) groups excluding carboxylic acids is 1. The van der Waals surface area contributed by atoms with Crippen molar-refractivity contribution in [2.24, 2.45) is 0 Å². The Morgan fingerprint density at radius 2 is 2.18 bits per heavy atom. The van der Waals surface area contributed by atoms with Gasteiger partial charge in [0.1, 0.15) is 12.2 Å². The number of amides is 1. The predicted octanol–water partition coefficient (Wildman–Crippen LogP) is -1.46. The Hall–Kier alpha value is -0.790. The molecule has 0 aliphatic carbocycles. The number of rotatable bonds is 4. The van der Waals surface area contributed by atoms with Gasteiger partial charge in [-0.1, -0.05) is 6.08 Å². The fourth-order valence-electron chi connectivity index (χ4n) is 1.41. The van der Waals surface area contributed by atoms with Crippen LogP contribution in [0.25, 0.3) is 0 Å². The molecule has 96 valence electrons. The molecular weight excluding hydrogens is 250 g/mol. The summed E-state index contributed by atoms with van der Waals surface area (Å²) in [5.41, 5.74) is 0. The van der Waals surface area contributed by atoms with Crippen molar-refractivity contribution in [1.29, 1.82) is 0 Å². The van der Waals surface area contributed by atoms with Gasteiger partial charge in [0.25, 0.3) is 6.61 Å². The van der Waals surface area contributed by atoms with Gasteiger partial charge in [-0.15, -0.1) is 11.6 Å². The zero-order valence-corrected chi connectivity index (χ0v) is 9.75. The van der Waals surface area contributed by atoms with Crippen LogP contribution in [0.2, 0.25) is 0 Å². The number of aliphatic hydroxyl groups excluding tert-OH is 3. The fraction of sp³-hybridized carbons (Fsp3) is 0.600. The third-order valence-corrected chi connectivity index (χ3v) is 2.52. The highest BCUT2D eigenvalue weighted by Gasteiger charge is 2.45. The van der Waals surface area contributed by atoms with Gasteiger partial charge in [0, 0.05) is 12.0 Å². The first kappa shape index (κ1) is 14.3. The van der Waals surface area contributed by atoms with E-state index in [1.807, 2.05) is 0 Å². The van der Waals surface area contributed by atoms with Gasteiger partial charge in [0.2, 0.25) is 11.9 Å². The summed E-state index contributed by atoms with van der Waals surface area (Å²) < 4.78 is 4.98. The van der Waals surface area contributed by atoms with E-state index in [-0.39, 0.29) is 5.88 Å². The molecule has 4 atom stereocenters. The summed E-state index contributed by atoms with van der Waals surface area (Å²) in [6, 6.07) is -0.833. The number of aliphatic hydroxyl groups is 3. The summed E-state index contributed by atoms with van der Waals surface area (Å²) in [6.45, 7) is 0.770. The van der Waals surface area contributed by atoms with Crippen LogP contribution >= 0.6 is 11.6 Å². The third-order valence-electron chi connectivity index (χ3n) is 2.35. The van der Waals surface area contributed by atoms with Gasteiger partial charge in [-0.2, -0.15) is 4.74 Å². The van der Waals surface area contributed by atoms with Crippen LogP contribution in [0.5, 0.6) is 0 Å². The Morgan fingerprint density at radius 3 is 2.76 bits per heavy atom. The van der Waals surface area contributed by atoms with Gasteiger partial charge in [0.05, 0.1) is 6.61 Å². The molecule has 0 radical (unpaired) electrons. The lowest BCUT2D eigenvalue weighted by Gasteiger charge is -2.29. The topological polar surface area (TPSA) is 99.0 Å². The summed E-state index contributed by atoms with van der Waals surface area (Å²) in [5, 5.41) is 30.5. The molecule has 1 heterocycles. The highest BCUT2D eigenvalue weighted by molar-refractivity contribution is 6.19. The minimum absolute atomic E-state index is 0.204. The molecule has 1 aliphatic rings. The summed E-state index contributed by atoms with van der Waals surface area (Å²) >= 11 is 5.36. The van der Waals surface area contributed by atoms with E-state index in [0.29, 0.717) is 0 Å². The molecule has 17 heavy (non-hydrogen) atoms. The molecule has 0 aromatic carbocycles. The number of hydrogen-bond acceptors (Lipinski definition) is 5. The number of nitrogens with one attached hydrogen (secondary N) is 1. The molecule has 0 aromatic rings. The number of carbonyl (C=O) groups is 1. The quantitative estimate of drug-likeness (QED) is 0.283. The Kier molecular flexibility index (Phi) is 5.73. The zero-order valence-electron chi connectivity index (χ0n) is 8.99. The molecule has 1 aliphatic heterocycles. The SMILES string of the molecule is O=C(/C=C/CCl)N[C@H]1[CH+]O[C@H](CO)[C@@H](O)[C@@H]1O. The van der Waals surface area contributed by atoms with E-state index in [9.17, 15) is 15.0 Å². The highest BCUT2D eigenvalue weighted by atomic mass is 35.5. The van der Waals surface area contributed by atoms with Crippen LogP contribution in [0.1, 0.15) is 0 Å². The van der Waals surface area contributed by atoms with Crippen molar-refractivity contribution in [3.8, 4) is 0 Å². The van der Waals surface area contributed by atoms with E-state index in [1.165, 1.54) is 18.8 Å². The number of hydrogen-bond donors (Lipinski definition) is 4. The van der Waals surface area contributed by atoms with Crippen molar-refractivity contribution < 1.29 is 24.9 Å². The molecular formula is C10H15ClNO5+. The molecule has 4 N–H and O–H groups in total. The molecule has 1 amide bonds. The first-order valence-corrected chi connectivity index (χ1v) is 5.62. The molecule has 0 spiro atoms. The second-order valence-corrected chi connectivity index (χ2v) is 3.87.